The predicted molar refractivity (Wildman–Crippen MR) is 96.3 cm³/mol. The maximum absolute atomic E-state index is 4.73. The molecule has 4 aromatic rings. The highest BCUT2D eigenvalue weighted by Crippen LogP contribution is 2.32. The average Bonchev–Trinajstić information content (AvgIpc) is 2.92. The van der Waals surface area contributed by atoms with Crippen LogP contribution in [-0.4, -0.2) is 9.78 Å². The Morgan fingerprint density at radius 2 is 1.52 bits per heavy atom. The molecule has 0 amide bonds. The van der Waals surface area contributed by atoms with Gasteiger partial charge in [0.2, 0.25) is 0 Å². The van der Waals surface area contributed by atoms with Gasteiger partial charge in [0.25, 0.3) is 0 Å². The Kier molecular flexibility index (Phi) is 3.23. The van der Waals surface area contributed by atoms with Crippen molar-refractivity contribution in [3.05, 3.63) is 78.4 Å². The second kappa shape index (κ2) is 5.40. The lowest BCUT2D eigenvalue weighted by molar-refractivity contribution is 0.800. The van der Waals surface area contributed by atoms with E-state index >= 15 is 0 Å². The third-order valence-electron chi connectivity index (χ3n) is 4.35. The molecule has 0 aliphatic heterocycles. The minimum Gasteiger partial charge on any atom is -0.267 e. The Hall–Kier alpha value is -2.87. The number of aryl methyl sites for hydroxylation is 2. The van der Waals surface area contributed by atoms with Crippen LogP contribution in [0, 0.1) is 6.92 Å². The van der Waals surface area contributed by atoms with Crippen LogP contribution in [0.25, 0.3) is 33.3 Å². The molecule has 0 unspecified atom stereocenters. The Bertz CT molecular complexity index is 981. The number of hydrogen-bond acceptors (Lipinski definition) is 1. The second-order valence-electron chi connectivity index (χ2n) is 5.89. The van der Waals surface area contributed by atoms with Crippen molar-refractivity contribution in [3.8, 4) is 22.4 Å². The first-order valence-electron chi connectivity index (χ1n) is 7.82. The molecular formula is C21H18N2. The van der Waals surface area contributed by atoms with Crippen LogP contribution in [0.1, 0.15) is 5.56 Å². The second-order valence-corrected chi connectivity index (χ2v) is 5.89. The number of rotatable bonds is 2. The van der Waals surface area contributed by atoms with Gasteiger partial charge >= 0.3 is 0 Å². The van der Waals surface area contributed by atoms with Gasteiger partial charge in [0, 0.05) is 18.0 Å². The van der Waals surface area contributed by atoms with E-state index in [2.05, 4.69) is 73.7 Å². The van der Waals surface area contributed by atoms with Crippen molar-refractivity contribution in [1.82, 2.24) is 9.78 Å². The maximum Gasteiger partial charge on any atom is 0.100 e. The van der Waals surface area contributed by atoms with E-state index in [1.54, 1.807) is 0 Å². The SMILES string of the molecule is Cc1ccccc1-c1ccc2c(c1)c(-c1ccccc1)nn2C. The Labute approximate surface area is 136 Å². The van der Waals surface area contributed by atoms with Crippen LogP contribution in [0.3, 0.4) is 0 Å². The van der Waals surface area contributed by atoms with Gasteiger partial charge in [-0.15, -0.1) is 0 Å². The third-order valence-corrected chi connectivity index (χ3v) is 4.35. The molecule has 0 saturated heterocycles. The summed E-state index contributed by atoms with van der Waals surface area (Å²) >= 11 is 0. The fraction of sp³-hybridized carbons (Fsp3) is 0.0952. The first-order chi connectivity index (χ1) is 11.2. The molecule has 2 nitrogen and oxygen atoms in total. The fourth-order valence-corrected chi connectivity index (χ4v) is 3.14. The zero-order chi connectivity index (χ0) is 15.8. The van der Waals surface area contributed by atoms with Crippen molar-refractivity contribution in [3.63, 3.8) is 0 Å². The van der Waals surface area contributed by atoms with Crippen LogP contribution in [-0.2, 0) is 7.05 Å². The normalized spacial score (nSPS) is 11.0. The van der Waals surface area contributed by atoms with Crippen molar-refractivity contribution < 1.29 is 0 Å². The summed E-state index contributed by atoms with van der Waals surface area (Å²) in [7, 11) is 2.00. The van der Waals surface area contributed by atoms with Crippen molar-refractivity contribution in [1.29, 1.82) is 0 Å². The largest absolute Gasteiger partial charge is 0.267 e. The molecule has 0 radical (unpaired) electrons. The van der Waals surface area contributed by atoms with Crippen LogP contribution in [0.4, 0.5) is 0 Å². The summed E-state index contributed by atoms with van der Waals surface area (Å²) < 4.78 is 1.96. The molecule has 0 fully saturated rings. The Balaban J connectivity index is 1.97. The van der Waals surface area contributed by atoms with Gasteiger partial charge in [-0.1, -0.05) is 60.7 Å². The van der Waals surface area contributed by atoms with E-state index in [0.717, 1.165) is 16.8 Å². The van der Waals surface area contributed by atoms with Gasteiger partial charge in [0.05, 0.1) is 5.52 Å². The molecule has 1 heterocycles. The first kappa shape index (κ1) is 13.8. The van der Waals surface area contributed by atoms with Gasteiger partial charge in [0.15, 0.2) is 0 Å². The molecular weight excluding hydrogens is 280 g/mol. The van der Waals surface area contributed by atoms with Crippen LogP contribution in [0.2, 0.25) is 0 Å². The van der Waals surface area contributed by atoms with Crippen molar-refractivity contribution in [2.45, 2.75) is 6.92 Å². The van der Waals surface area contributed by atoms with Crippen LogP contribution < -0.4 is 0 Å². The van der Waals surface area contributed by atoms with Gasteiger partial charge in [-0.2, -0.15) is 5.10 Å². The summed E-state index contributed by atoms with van der Waals surface area (Å²) in [5.41, 5.74) is 7.15. The number of aromatic nitrogens is 2. The highest BCUT2D eigenvalue weighted by molar-refractivity contribution is 5.96. The first-order valence-corrected chi connectivity index (χ1v) is 7.82. The number of benzene rings is 3. The molecule has 23 heavy (non-hydrogen) atoms. The lowest BCUT2D eigenvalue weighted by atomic mass is 9.98. The molecule has 0 atom stereocenters. The van der Waals surface area contributed by atoms with Gasteiger partial charge in [-0.05, 0) is 35.7 Å². The molecule has 0 bridgehead atoms. The molecule has 2 heteroatoms. The van der Waals surface area contributed by atoms with Crippen molar-refractivity contribution in [2.24, 2.45) is 7.05 Å². The molecule has 0 saturated carbocycles. The van der Waals surface area contributed by atoms with E-state index < -0.39 is 0 Å². The smallest absolute Gasteiger partial charge is 0.100 e. The van der Waals surface area contributed by atoms with E-state index in [-0.39, 0.29) is 0 Å². The summed E-state index contributed by atoms with van der Waals surface area (Å²) in [6, 6.07) is 25.5. The summed E-state index contributed by atoms with van der Waals surface area (Å²) in [6.45, 7) is 2.15. The van der Waals surface area contributed by atoms with E-state index in [4.69, 9.17) is 5.10 Å². The van der Waals surface area contributed by atoms with E-state index in [1.165, 1.54) is 22.1 Å². The maximum atomic E-state index is 4.73. The van der Waals surface area contributed by atoms with Crippen LogP contribution in [0.5, 0.6) is 0 Å². The monoisotopic (exact) mass is 298 g/mol. The van der Waals surface area contributed by atoms with Crippen LogP contribution in [0.15, 0.2) is 72.8 Å². The fourth-order valence-electron chi connectivity index (χ4n) is 3.14. The van der Waals surface area contributed by atoms with Gasteiger partial charge in [-0.25, -0.2) is 0 Å². The highest BCUT2D eigenvalue weighted by atomic mass is 15.3. The average molecular weight is 298 g/mol. The van der Waals surface area contributed by atoms with E-state index in [1.807, 2.05) is 17.8 Å². The molecule has 1 aromatic heterocycles. The topological polar surface area (TPSA) is 17.8 Å². The van der Waals surface area contributed by atoms with Gasteiger partial charge < -0.3 is 0 Å². The number of nitrogens with zero attached hydrogens (tertiary/aromatic N) is 2. The molecule has 112 valence electrons. The molecule has 0 aliphatic carbocycles. The third kappa shape index (κ3) is 2.33. The zero-order valence-corrected chi connectivity index (χ0v) is 13.3. The lowest BCUT2D eigenvalue weighted by Gasteiger charge is -2.06. The van der Waals surface area contributed by atoms with Crippen LogP contribution >= 0.6 is 0 Å². The standard InChI is InChI=1S/C21H18N2/c1-15-8-6-7-11-18(15)17-12-13-20-19(14-17)21(22-23(20)2)16-9-4-3-5-10-16/h3-14H,1-2H3. The summed E-state index contributed by atoms with van der Waals surface area (Å²) in [6.07, 6.45) is 0. The minimum atomic E-state index is 1.04. The number of fused-ring (bicyclic) bond motifs is 1. The molecule has 0 aliphatic rings. The zero-order valence-electron chi connectivity index (χ0n) is 13.3. The van der Waals surface area contributed by atoms with Crippen molar-refractivity contribution in [2.75, 3.05) is 0 Å². The quantitative estimate of drug-likeness (QED) is 0.496. The van der Waals surface area contributed by atoms with E-state index in [9.17, 15) is 0 Å². The molecule has 0 spiro atoms. The lowest BCUT2D eigenvalue weighted by Crippen LogP contribution is -1.89. The van der Waals surface area contributed by atoms with Crippen molar-refractivity contribution >= 4 is 10.9 Å². The number of hydrogen-bond donors (Lipinski definition) is 0. The highest BCUT2D eigenvalue weighted by Gasteiger charge is 2.12. The van der Waals surface area contributed by atoms with Gasteiger partial charge in [0.1, 0.15) is 5.69 Å². The molecule has 0 N–H and O–H groups in total. The summed E-state index contributed by atoms with van der Waals surface area (Å²) in [4.78, 5) is 0. The summed E-state index contributed by atoms with van der Waals surface area (Å²) in [5.74, 6) is 0. The summed E-state index contributed by atoms with van der Waals surface area (Å²) in [5, 5.41) is 5.93. The molecule has 4 rings (SSSR count). The predicted octanol–water partition coefficient (Wildman–Crippen LogP) is 5.22. The van der Waals surface area contributed by atoms with Gasteiger partial charge in [-0.3, -0.25) is 4.68 Å². The Morgan fingerprint density at radius 3 is 2.30 bits per heavy atom. The minimum absolute atomic E-state index is 1.04. The Morgan fingerprint density at radius 1 is 0.783 bits per heavy atom. The van der Waals surface area contributed by atoms with E-state index in [0.29, 0.717) is 0 Å². The molecule has 3 aromatic carbocycles.